The number of aromatic amines is 1. The van der Waals surface area contributed by atoms with Gasteiger partial charge in [0.2, 0.25) is 5.91 Å². The SMILES string of the molecule is O=C1C[C@@H](c2n[nH]c(C3CCOCC3)n2)CN1Cc1cccnc1. The van der Waals surface area contributed by atoms with Gasteiger partial charge in [-0.25, -0.2) is 4.98 Å². The van der Waals surface area contributed by atoms with E-state index in [1.54, 1.807) is 12.4 Å². The van der Waals surface area contributed by atoms with E-state index in [-0.39, 0.29) is 11.8 Å². The van der Waals surface area contributed by atoms with Crippen LogP contribution in [0.25, 0.3) is 0 Å². The fourth-order valence-electron chi connectivity index (χ4n) is 3.43. The van der Waals surface area contributed by atoms with Crippen LogP contribution in [0.1, 0.15) is 48.3 Å². The number of ether oxygens (including phenoxy) is 1. The van der Waals surface area contributed by atoms with Crippen LogP contribution >= 0.6 is 0 Å². The quantitative estimate of drug-likeness (QED) is 0.922. The van der Waals surface area contributed by atoms with E-state index in [4.69, 9.17) is 4.74 Å². The van der Waals surface area contributed by atoms with Crippen LogP contribution in [0, 0.1) is 0 Å². The smallest absolute Gasteiger partial charge is 0.223 e. The number of pyridine rings is 1. The molecule has 0 saturated carbocycles. The minimum Gasteiger partial charge on any atom is -0.381 e. The molecule has 7 nitrogen and oxygen atoms in total. The van der Waals surface area contributed by atoms with E-state index >= 15 is 0 Å². The zero-order valence-corrected chi connectivity index (χ0v) is 13.5. The van der Waals surface area contributed by atoms with Gasteiger partial charge in [-0.1, -0.05) is 6.07 Å². The average Bonchev–Trinajstić information content (AvgIpc) is 3.24. The molecule has 1 amide bonds. The van der Waals surface area contributed by atoms with Crippen molar-refractivity contribution in [3.8, 4) is 0 Å². The van der Waals surface area contributed by atoms with Gasteiger partial charge in [0.1, 0.15) is 5.82 Å². The van der Waals surface area contributed by atoms with Crippen LogP contribution in [0.3, 0.4) is 0 Å². The van der Waals surface area contributed by atoms with Crippen LogP contribution < -0.4 is 0 Å². The molecule has 4 heterocycles. The highest BCUT2D eigenvalue weighted by atomic mass is 16.5. The molecule has 2 aromatic rings. The van der Waals surface area contributed by atoms with Crippen molar-refractivity contribution in [2.24, 2.45) is 0 Å². The molecule has 1 N–H and O–H groups in total. The summed E-state index contributed by atoms with van der Waals surface area (Å²) >= 11 is 0. The molecule has 0 bridgehead atoms. The van der Waals surface area contributed by atoms with Crippen molar-refractivity contribution >= 4 is 5.91 Å². The van der Waals surface area contributed by atoms with Crippen LogP contribution in [0.15, 0.2) is 24.5 Å². The number of likely N-dealkylation sites (tertiary alicyclic amines) is 1. The second-order valence-electron chi connectivity index (χ2n) is 6.50. The highest BCUT2D eigenvalue weighted by molar-refractivity contribution is 5.79. The van der Waals surface area contributed by atoms with Crippen LogP contribution in [0.4, 0.5) is 0 Å². The number of hydrogen-bond donors (Lipinski definition) is 1. The third kappa shape index (κ3) is 3.17. The molecule has 4 rings (SSSR count). The number of rotatable bonds is 4. The second kappa shape index (κ2) is 6.68. The van der Waals surface area contributed by atoms with Gasteiger partial charge in [0.15, 0.2) is 5.82 Å². The van der Waals surface area contributed by atoms with Crippen molar-refractivity contribution in [1.29, 1.82) is 0 Å². The third-order valence-corrected chi connectivity index (χ3v) is 4.80. The van der Waals surface area contributed by atoms with Crippen LogP contribution in [-0.2, 0) is 16.1 Å². The predicted octanol–water partition coefficient (Wildman–Crippen LogP) is 1.61. The standard InChI is InChI=1S/C17H21N5O2/c23-15-8-14(11-22(15)10-12-2-1-5-18-9-12)17-19-16(20-21-17)13-3-6-24-7-4-13/h1-2,5,9,13-14H,3-4,6-8,10-11H2,(H,19,20,21)/t14-/m1/s1. The Hall–Kier alpha value is -2.28. The van der Waals surface area contributed by atoms with Crippen LogP contribution in [0.5, 0.6) is 0 Å². The first-order valence-electron chi connectivity index (χ1n) is 8.46. The van der Waals surface area contributed by atoms with E-state index in [2.05, 4.69) is 20.2 Å². The van der Waals surface area contributed by atoms with Crippen molar-refractivity contribution in [2.75, 3.05) is 19.8 Å². The topological polar surface area (TPSA) is 84.0 Å². The zero-order valence-electron chi connectivity index (χ0n) is 13.5. The van der Waals surface area contributed by atoms with E-state index in [0.717, 1.165) is 43.3 Å². The molecule has 126 valence electrons. The molecule has 2 aliphatic rings. The molecule has 2 saturated heterocycles. The lowest BCUT2D eigenvalue weighted by molar-refractivity contribution is -0.128. The van der Waals surface area contributed by atoms with Crippen molar-refractivity contribution < 1.29 is 9.53 Å². The Balaban J connectivity index is 1.42. The number of nitrogens with zero attached hydrogens (tertiary/aromatic N) is 4. The van der Waals surface area contributed by atoms with Gasteiger partial charge in [0.05, 0.1) is 0 Å². The molecule has 7 heteroatoms. The van der Waals surface area contributed by atoms with Gasteiger partial charge < -0.3 is 9.64 Å². The minimum atomic E-state index is 0.0685. The lowest BCUT2D eigenvalue weighted by Gasteiger charge is -2.19. The van der Waals surface area contributed by atoms with E-state index in [1.807, 2.05) is 17.0 Å². The van der Waals surface area contributed by atoms with Crippen molar-refractivity contribution in [2.45, 2.75) is 37.6 Å². The van der Waals surface area contributed by atoms with Gasteiger partial charge >= 0.3 is 0 Å². The number of nitrogens with one attached hydrogen (secondary N) is 1. The minimum absolute atomic E-state index is 0.0685. The summed E-state index contributed by atoms with van der Waals surface area (Å²) in [6.07, 6.45) is 5.97. The Bertz CT molecular complexity index is 696. The maximum absolute atomic E-state index is 12.3. The van der Waals surface area contributed by atoms with Crippen LogP contribution in [0.2, 0.25) is 0 Å². The van der Waals surface area contributed by atoms with Crippen LogP contribution in [-0.4, -0.2) is 50.7 Å². The maximum Gasteiger partial charge on any atom is 0.223 e. The molecule has 0 aliphatic carbocycles. The Morgan fingerprint density at radius 3 is 2.96 bits per heavy atom. The van der Waals surface area contributed by atoms with Crippen molar-refractivity contribution in [1.82, 2.24) is 25.1 Å². The maximum atomic E-state index is 12.3. The highest BCUT2D eigenvalue weighted by Crippen LogP contribution is 2.29. The number of aromatic nitrogens is 4. The Labute approximate surface area is 140 Å². The number of hydrogen-bond acceptors (Lipinski definition) is 5. The molecule has 24 heavy (non-hydrogen) atoms. The fourth-order valence-corrected chi connectivity index (χ4v) is 3.43. The van der Waals surface area contributed by atoms with Crippen molar-refractivity contribution in [3.63, 3.8) is 0 Å². The first-order valence-corrected chi connectivity index (χ1v) is 8.46. The average molecular weight is 327 g/mol. The summed E-state index contributed by atoms with van der Waals surface area (Å²) in [6.45, 7) is 2.82. The molecule has 1 atom stereocenters. The highest BCUT2D eigenvalue weighted by Gasteiger charge is 2.33. The Morgan fingerprint density at radius 2 is 2.17 bits per heavy atom. The summed E-state index contributed by atoms with van der Waals surface area (Å²) in [5.41, 5.74) is 1.05. The normalized spacial score (nSPS) is 22.2. The molecular weight excluding hydrogens is 306 g/mol. The van der Waals surface area contributed by atoms with E-state index < -0.39 is 0 Å². The number of H-pyrrole nitrogens is 1. The van der Waals surface area contributed by atoms with Gasteiger partial charge in [-0.05, 0) is 24.5 Å². The summed E-state index contributed by atoms with van der Waals surface area (Å²) in [7, 11) is 0. The Kier molecular flexibility index (Phi) is 4.25. The van der Waals surface area contributed by atoms with Crippen molar-refractivity contribution in [3.05, 3.63) is 41.7 Å². The fraction of sp³-hybridized carbons (Fsp3) is 0.529. The molecule has 0 spiro atoms. The number of carbonyl (C=O) groups is 1. The van der Waals surface area contributed by atoms with Gasteiger partial charge in [0.25, 0.3) is 0 Å². The van der Waals surface area contributed by atoms with E-state index in [0.29, 0.717) is 25.4 Å². The monoisotopic (exact) mass is 327 g/mol. The second-order valence-corrected chi connectivity index (χ2v) is 6.50. The van der Waals surface area contributed by atoms with Gasteiger partial charge in [0, 0.05) is 57.0 Å². The molecule has 0 unspecified atom stereocenters. The summed E-state index contributed by atoms with van der Waals surface area (Å²) in [4.78, 5) is 22.9. The molecule has 2 aromatic heterocycles. The lowest BCUT2D eigenvalue weighted by Crippen LogP contribution is -2.24. The molecular formula is C17H21N5O2. The summed E-state index contributed by atoms with van der Waals surface area (Å²) in [5, 5.41) is 7.46. The number of amides is 1. The first kappa shape index (κ1) is 15.3. The Morgan fingerprint density at radius 1 is 1.29 bits per heavy atom. The van der Waals surface area contributed by atoms with Gasteiger partial charge in [-0.2, -0.15) is 5.10 Å². The largest absolute Gasteiger partial charge is 0.381 e. The predicted molar refractivity (Wildman–Crippen MR) is 86.2 cm³/mol. The molecule has 0 radical (unpaired) electrons. The first-order chi connectivity index (χ1) is 11.8. The summed E-state index contributed by atoms with van der Waals surface area (Å²) < 4.78 is 5.39. The third-order valence-electron chi connectivity index (χ3n) is 4.80. The lowest BCUT2D eigenvalue weighted by atomic mass is 10.00. The molecule has 2 fully saturated rings. The number of carbonyl (C=O) groups excluding carboxylic acids is 1. The molecule has 0 aromatic carbocycles. The molecule has 2 aliphatic heterocycles. The van der Waals surface area contributed by atoms with Gasteiger partial charge in [-0.3, -0.25) is 14.9 Å². The van der Waals surface area contributed by atoms with E-state index in [1.165, 1.54) is 0 Å². The summed E-state index contributed by atoms with van der Waals surface area (Å²) in [5.74, 6) is 2.31. The summed E-state index contributed by atoms with van der Waals surface area (Å²) in [6, 6.07) is 3.88. The van der Waals surface area contributed by atoms with Gasteiger partial charge in [-0.15, -0.1) is 0 Å². The zero-order chi connectivity index (χ0) is 16.4. The van der Waals surface area contributed by atoms with E-state index in [9.17, 15) is 4.79 Å².